The molecule has 0 atom stereocenters. The first-order valence-corrected chi connectivity index (χ1v) is 6.55. The van der Waals surface area contributed by atoms with E-state index in [-0.39, 0.29) is 5.78 Å². The zero-order valence-corrected chi connectivity index (χ0v) is 11.7. The van der Waals surface area contributed by atoms with Gasteiger partial charge < -0.3 is 4.74 Å². The Bertz CT molecular complexity index is 588. The summed E-state index contributed by atoms with van der Waals surface area (Å²) in [7, 11) is 0. The van der Waals surface area contributed by atoms with Gasteiger partial charge in [0.15, 0.2) is 5.78 Å². The van der Waals surface area contributed by atoms with Gasteiger partial charge in [-0.05, 0) is 61.4 Å². The first-order valence-electron chi connectivity index (χ1n) is 6.17. The number of ketones is 1. The number of aryl methyl sites for hydroxylation is 1. The number of carbonyl (C=O) groups excluding carboxylic acids is 1. The highest BCUT2D eigenvalue weighted by Crippen LogP contribution is 2.26. The van der Waals surface area contributed by atoms with Gasteiger partial charge in [0.1, 0.15) is 11.5 Å². The fourth-order valence-electron chi connectivity index (χ4n) is 1.78. The number of ether oxygens (including phenoxy) is 1. The molecule has 19 heavy (non-hydrogen) atoms. The Hall–Kier alpha value is -1.80. The predicted molar refractivity (Wildman–Crippen MR) is 77.4 cm³/mol. The summed E-state index contributed by atoms with van der Waals surface area (Å²) in [6, 6.07) is 12.7. The Balaban J connectivity index is 2.19. The van der Waals surface area contributed by atoms with Crippen molar-refractivity contribution in [2.45, 2.75) is 20.3 Å². The lowest BCUT2D eigenvalue weighted by Gasteiger charge is -2.08. The molecular formula is C16H15ClO2. The van der Waals surface area contributed by atoms with Gasteiger partial charge in [-0.3, -0.25) is 4.79 Å². The highest BCUT2D eigenvalue weighted by molar-refractivity contribution is 6.31. The number of rotatable bonds is 4. The molecular weight excluding hydrogens is 260 g/mol. The molecule has 0 aliphatic carbocycles. The average Bonchev–Trinajstić information content (AvgIpc) is 2.41. The van der Waals surface area contributed by atoms with E-state index in [4.69, 9.17) is 16.3 Å². The number of halogens is 1. The third kappa shape index (κ3) is 3.36. The molecule has 2 aromatic carbocycles. The maximum atomic E-state index is 11.2. The van der Waals surface area contributed by atoms with E-state index >= 15 is 0 Å². The molecule has 0 amide bonds. The van der Waals surface area contributed by atoms with Crippen molar-refractivity contribution in [2.24, 2.45) is 0 Å². The van der Waals surface area contributed by atoms with Crippen molar-refractivity contribution in [3.05, 3.63) is 58.6 Å². The minimum absolute atomic E-state index is 0.0475. The minimum atomic E-state index is 0.0475. The lowest BCUT2D eigenvalue weighted by atomic mass is 10.1. The van der Waals surface area contributed by atoms with Crippen molar-refractivity contribution in [1.82, 2.24) is 0 Å². The van der Waals surface area contributed by atoms with E-state index in [9.17, 15) is 4.79 Å². The van der Waals surface area contributed by atoms with E-state index in [1.807, 2.05) is 25.1 Å². The van der Waals surface area contributed by atoms with Gasteiger partial charge in [0.05, 0.1) is 0 Å². The summed E-state index contributed by atoms with van der Waals surface area (Å²) in [6.45, 7) is 3.59. The highest BCUT2D eigenvalue weighted by Gasteiger charge is 2.03. The highest BCUT2D eigenvalue weighted by atomic mass is 35.5. The molecule has 0 aromatic heterocycles. The molecule has 3 heteroatoms. The van der Waals surface area contributed by atoms with Crippen LogP contribution in [0.25, 0.3) is 0 Å². The lowest BCUT2D eigenvalue weighted by molar-refractivity contribution is 0.101. The first kappa shape index (κ1) is 13.6. The molecule has 2 aromatic rings. The first-order chi connectivity index (χ1) is 9.10. The predicted octanol–water partition coefficient (Wildman–Crippen LogP) is 4.90. The fourth-order valence-corrected chi connectivity index (χ4v) is 2.03. The van der Waals surface area contributed by atoms with Crippen LogP contribution in [0.2, 0.25) is 5.02 Å². The van der Waals surface area contributed by atoms with Crippen LogP contribution in [0.15, 0.2) is 42.5 Å². The quantitative estimate of drug-likeness (QED) is 0.742. The monoisotopic (exact) mass is 274 g/mol. The molecule has 0 unspecified atom stereocenters. The van der Waals surface area contributed by atoms with Crippen molar-refractivity contribution in [2.75, 3.05) is 0 Å². The van der Waals surface area contributed by atoms with E-state index in [0.29, 0.717) is 11.3 Å². The molecule has 0 N–H and O–H groups in total. The minimum Gasteiger partial charge on any atom is -0.457 e. The van der Waals surface area contributed by atoms with Crippen LogP contribution in [0, 0.1) is 0 Å². The Labute approximate surface area is 118 Å². The molecule has 0 spiro atoms. The normalized spacial score (nSPS) is 10.3. The third-order valence-electron chi connectivity index (χ3n) is 2.89. The summed E-state index contributed by atoms with van der Waals surface area (Å²) in [5, 5.41) is 0.752. The topological polar surface area (TPSA) is 26.3 Å². The molecule has 0 saturated heterocycles. The van der Waals surface area contributed by atoms with Crippen LogP contribution in [-0.2, 0) is 6.42 Å². The Kier molecular flexibility index (Phi) is 4.23. The molecule has 0 bridgehead atoms. The largest absolute Gasteiger partial charge is 0.457 e. The van der Waals surface area contributed by atoms with Gasteiger partial charge in [0, 0.05) is 10.6 Å². The number of hydrogen-bond acceptors (Lipinski definition) is 2. The van der Waals surface area contributed by atoms with Crippen molar-refractivity contribution < 1.29 is 9.53 Å². The standard InChI is InChI=1S/C16H15ClO2/c1-3-12-10-15(8-9-16(12)17)19-14-6-4-13(5-7-14)11(2)18/h4-10H,3H2,1-2H3. The SMILES string of the molecule is CCc1cc(Oc2ccc(C(C)=O)cc2)ccc1Cl. The lowest BCUT2D eigenvalue weighted by Crippen LogP contribution is -1.92. The van der Waals surface area contributed by atoms with E-state index in [1.54, 1.807) is 31.2 Å². The van der Waals surface area contributed by atoms with Gasteiger partial charge in [0.2, 0.25) is 0 Å². The maximum absolute atomic E-state index is 11.2. The Morgan fingerprint density at radius 2 is 1.74 bits per heavy atom. The molecule has 98 valence electrons. The second kappa shape index (κ2) is 5.89. The average molecular weight is 275 g/mol. The summed E-state index contributed by atoms with van der Waals surface area (Å²) in [4.78, 5) is 11.2. The van der Waals surface area contributed by atoms with E-state index in [1.165, 1.54) is 0 Å². The van der Waals surface area contributed by atoms with E-state index < -0.39 is 0 Å². The van der Waals surface area contributed by atoms with Crippen LogP contribution >= 0.6 is 11.6 Å². The molecule has 0 radical (unpaired) electrons. The van der Waals surface area contributed by atoms with Gasteiger partial charge >= 0.3 is 0 Å². The molecule has 2 rings (SSSR count). The zero-order chi connectivity index (χ0) is 13.8. The van der Waals surface area contributed by atoms with Crippen LogP contribution < -0.4 is 4.74 Å². The van der Waals surface area contributed by atoms with Crippen molar-refractivity contribution in [1.29, 1.82) is 0 Å². The van der Waals surface area contributed by atoms with E-state index in [2.05, 4.69) is 0 Å². The van der Waals surface area contributed by atoms with E-state index in [0.717, 1.165) is 22.8 Å². The third-order valence-corrected chi connectivity index (χ3v) is 3.26. The number of benzene rings is 2. The van der Waals surface area contributed by atoms with Gasteiger partial charge in [-0.2, -0.15) is 0 Å². The Morgan fingerprint density at radius 3 is 2.32 bits per heavy atom. The summed E-state index contributed by atoms with van der Waals surface area (Å²) >= 11 is 6.06. The molecule has 0 heterocycles. The molecule has 2 nitrogen and oxygen atoms in total. The van der Waals surface area contributed by atoms with Crippen LogP contribution in [0.3, 0.4) is 0 Å². The van der Waals surface area contributed by atoms with Crippen molar-refractivity contribution in [3.63, 3.8) is 0 Å². The summed E-state index contributed by atoms with van der Waals surface area (Å²) < 4.78 is 5.74. The number of hydrogen-bond donors (Lipinski definition) is 0. The maximum Gasteiger partial charge on any atom is 0.159 e. The van der Waals surface area contributed by atoms with Gasteiger partial charge in [0.25, 0.3) is 0 Å². The summed E-state index contributed by atoms with van der Waals surface area (Å²) in [5.41, 5.74) is 1.73. The summed E-state index contributed by atoms with van der Waals surface area (Å²) in [5.74, 6) is 1.50. The molecule has 0 saturated carbocycles. The second-order valence-electron chi connectivity index (χ2n) is 4.29. The van der Waals surface area contributed by atoms with Crippen LogP contribution in [-0.4, -0.2) is 5.78 Å². The zero-order valence-electron chi connectivity index (χ0n) is 10.9. The van der Waals surface area contributed by atoms with Gasteiger partial charge in [-0.15, -0.1) is 0 Å². The van der Waals surface area contributed by atoms with Crippen LogP contribution in [0.4, 0.5) is 0 Å². The molecule has 0 aliphatic rings. The summed E-state index contributed by atoms with van der Waals surface area (Å²) in [6.07, 6.45) is 0.860. The Morgan fingerprint density at radius 1 is 1.11 bits per heavy atom. The van der Waals surface area contributed by atoms with Crippen LogP contribution in [0.5, 0.6) is 11.5 Å². The van der Waals surface area contributed by atoms with Gasteiger partial charge in [-0.1, -0.05) is 18.5 Å². The van der Waals surface area contributed by atoms with Gasteiger partial charge in [-0.25, -0.2) is 0 Å². The van der Waals surface area contributed by atoms with Crippen molar-refractivity contribution >= 4 is 17.4 Å². The van der Waals surface area contributed by atoms with Crippen molar-refractivity contribution in [3.8, 4) is 11.5 Å². The fraction of sp³-hybridized carbons (Fsp3) is 0.188. The number of carbonyl (C=O) groups is 1. The number of Topliss-reactive ketones (excluding diaryl/α,β-unsaturated/α-hetero) is 1. The molecule has 0 fully saturated rings. The second-order valence-corrected chi connectivity index (χ2v) is 4.70. The molecule has 0 aliphatic heterocycles. The smallest absolute Gasteiger partial charge is 0.159 e. The van der Waals surface area contributed by atoms with Crippen LogP contribution in [0.1, 0.15) is 29.8 Å².